The van der Waals surface area contributed by atoms with Gasteiger partial charge in [-0.15, -0.1) is 24.8 Å². The van der Waals surface area contributed by atoms with E-state index in [1.54, 1.807) is 18.3 Å². The Morgan fingerprint density at radius 3 is 2.64 bits per heavy atom. The normalized spacial score (nSPS) is 16.6. The third kappa shape index (κ3) is 6.53. The minimum absolute atomic E-state index is 0. The Balaban J connectivity index is 0.00000156. The summed E-state index contributed by atoms with van der Waals surface area (Å²) in [5.41, 5.74) is 8.27. The number of aromatic nitrogens is 1. The van der Waals surface area contributed by atoms with Gasteiger partial charge in [-0.3, -0.25) is 14.7 Å². The van der Waals surface area contributed by atoms with Crippen LogP contribution in [0.15, 0.2) is 48.7 Å². The maximum Gasteiger partial charge on any atom is 0.226 e. The molecule has 1 aromatic heterocycles. The van der Waals surface area contributed by atoms with E-state index in [4.69, 9.17) is 5.73 Å². The second-order valence-corrected chi connectivity index (χ2v) is 6.03. The van der Waals surface area contributed by atoms with Gasteiger partial charge in [0.1, 0.15) is 0 Å². The van der Waals surface area contributed by atoms with Gasteiger partial charge in [-0.1, -0.05) is 30.3 Å². The van der Waals surface area contributed by atoms with Gasteiger partial charge in [-0.2, -0.15) is 0 Å². The van der Waals surface area contributed by atoms with E-state index < -0.39 is 0 Å². The monoisotopic (exact) mass is 382 g/mol. The summed E-state index contributed by atoms with van der Waals surface area (Å²) in [5, 5.41) is 3.11. The highest BCUT2D eigenvalue weighted by Gasteiger charge is 2.23. The number of carbonyl (C=O) groups is 1. The molecule has 25 heavy (non-hydrogen) atoms. The average molecular weight is 383 g/mol. The molecule has 1 aliphatic rings. The number of likely N-dealkylation sites (tertiary alicyclic amines) is 1. The quantitative estimate of drug-likeness (QED) is 0.832. The van der Waals surface area contributed by atoms with Gasteiger partial charge in [-0.25, -0.2) is 0 Å². The van der Waals surface area contributed by atoms with Gasteiger partial charge >= 0.3 is 0 Å². The van der Waals surface area contributed by atoms with Crippen molar-refractivity contribution in [1.29, 1.82) is 0 Å². The molecule has 136 valence electrons. The van der Waals surface area contributed by atoms with E-state index in [1.807, 2.05) is 6.07 Å². The lowest BCUT2D eigenvalue weighted by atomic mass is 10.2. The second kappa shape index (κ2) is 10.2. The van der Waals surface area contributed by atoms with E-state index in [-0.39, 0.29) is 36.8 Å². The lowest BCUT2D eigenvalue weighted by molar-refractivity contribution is -0.121. The SMILES string of the molecule is Cl.Cl.Nc1ccc(CC(=O)NC2CCN(Cc3ccccc3)C2)nc1. The van der Waals surface area contributed by atoms with Gasteiger partial charge in [-0.05, 0) is 24.1 Å². The van der Waals surface area contributed by atoms with Crippen molar-refractivity contribution in [2.75, 3.05) is 18.8 Å². The van der Waals surface area contributed by atoms with Gasteiger partial charge in [0.2, 0.25) is 5.91 Å². The third-order valence-electron chi connectivity index (χ3n) is 4.08. The fourth-order valence-electron chi connectivity index (χ4n) is 2.92. The van der Waals surface area contributed by atoms with E-state index in [9.17, 15) is 4.79 Å². The number of halogens is 2. The predicted octanol–water partition coefficient (Wildman–Crippen LogP) is 2.44. The number of benzene rings is 1. The summed E-state index contributed by atoms with van der Waals surface area (Å²) in [6.45, 7) is 2.85. The molecule has 5 nitrogen and oxygen atoms in total. The van der Waals surface area contributed by atoms with Crippen LogP contribution in [0.25, 0.3) is 0 Å². The van der Waals surface area contributed by atoms with E-state index in [0.29, 0.717) is 12.1 Å². The van der Waals surface area contributed by atoms with Crippen molar-refractivity contribution in [2.45, 2.75) is 25.4 Å². The van der Waals surface area contributed by atoms with Crippen LogP contribution in [-0.2, 0) is 17.8 Å². The van der Waals surface area contributed by atoms with Crippen LogP contribution in [0.5, 0.6) is 0 Å². The number of hydrogen-bond acceptors (Lipinski definition) is 4. The fraction of sp³-hybridized carbons (Fsp3) is 0.333. The number of hydrogen-bond donors (Lipinski definition) is 2. The number of nitrogen functional groups attached to an aromatic ring is 1. The van der Waals surface area contributed by atoms with Gasteiger partial charge in [0.25, 0.3) is 0 Å². The Morgan fingerprint density at radius 1 is 1.20 bits per heavy atom. The maximum atomic E-state index is 12.1. The van der Waals surface area contributed by atoms with E-state index in [0.717, 1.165) is 31.7 Å². The zero-order chi connectivity index (χ0) is 16.1. The first-order valence-corrected chi connectivity index (χ1v) is 7.95. The molecule has 7 heteroatoms. The number of amides is 1. The van der Waals surface area contributed by atoms with Crippen molar-refractivity contribution in [3.8, 4) is 0 Å². The highest BCUT2D eigenvalue weighted by Crippen LogP contribution is 2.13. The van der Waals surface area contributed by atoms with Crippen LogP contribution in [0.1, 0.15) is 17.7 Å². The average Bonchev–Trinajstić information content (AvgIpc) is 2.97. The van der Waals surface area contributed by atoms with Crippen molar-refractivity contribution in [3.05, 3.63) is 59.9 Å². The number of rotatable bonds is 5. The molecule has 1 saturated heterocycles. The highest BCUT2D eigenvalue weighted by molar-refractivity contribution is 5.85. The second-order valence-electron chi connectivity index (χ2n) is 6.03. The van der Waals surface area contributed by atoms with Crippen LogP contribution < -0.4 is 11.1 Å². The summed E-state index contributed by atoms with van der Waals surface area (Å²) in [6.07, 6.45) is 2.88. The van der Waals surface area contributed by atoms with Gasteiger partial charge in [0.05, 0.1) is 18.3 Å². The van der Waals surface area contributed by atoms with Crippen LogP contribution in [0, 0.1) is 0 Å². The molecule has 2 heterocycles. The number of anilines is 1. The smallest absolute Gasteiger partial charge is 0.226 e. The molecule has 2 aromatic rings. The van der Waals surface area contributed by atoms with Crippen LogP contribution in [-0.4, -0.2) is 34.9 Å². The molecule has 3 N–H and O–H groups in total. The summed E-state index contributed by atoms with van der Waals surface area (Å²) in [4.78, 5) is 18.7. The van der Waals surface area contributed by atoms with Crippen molar-refractivity contribution < 1.29 is 4.79 Å². The Hall–Kier alpha value is -1.82. The first-order chi connectivity index (χ1) is 11.2. The van der Waals surface area contributed by atoms with Gasteiger partial charge in [0.15, 0.2) is 0 Å². The summed E-state index contributed by atoms with van der Waals surface area (Å²) in [7, 11) is 0. The molecule has 3 rings (SSSR count). The molecule has 0 bridgehead atoms. The minimum Gasteiger partial charge on any atom is -0.397 e. The fourth-order valence-corrected chi connectivity index (χ4v) is 2.92. The number of nitrogens with two attached hydrogens (primary N) is 1. The molecule has 0 radical (unpaired) electrons. The molecular weight excluding hydrogens is 359 g/mol. The summed E-state index contributed by atoms with van der Waals surface area (Å²) >= 11 is 0. The largest absolute Gasteiger partial charge is 0.397 e. The number of nitrogens with zero attached hydrogens (tertiary/aromatic N) is 2. The van der Waals surface area contributed by atoms with E-state index in [2.05, 4.69) is 39.5 Å². The third-order valence-corrected chi connectivity index (χ3v) is 4.08. The van der Waals surface area contributed by atoms with Crippen molar-refractivity contribution >= 4 is 36.4 Å². The van der Waals surface area contributed by atoms with Gasteiger partial charge < -0.3 is 11.1 Å². The predicted molar refractivity (Wildman–Crippen MR) is 105 cm³/mol. The zero-order valence-corrected chi connectivity index (χ0v) is 15.6. The standard InChI is InChI=1S/C18H22N4O.2ClH/c19-15-6-7-16(20-11-15)10-18(23)21-17-8-9-22(13-17)12-14-4-2-1-3-5-14;;/h1-7,11,17H,8-10,12-13,19H2,(H,21,23);2*1H. The first-order valence-electron chi connectivity index (χ1n) is 7.95. The Kier molecular flexibility index (Phi) is 8.69. The van der Waals surface area contributed by atoms with Crippen molar-refractivity contribution in [3.63, 3.8) is 0 Å². The number of pyridine rings is 1. The number of nitrogens with one attached hydrogen (secondary N) is 1. The summed E-state index contributed by atoms with van der Waals surface area (Å²) in [6, 6.07) is 14.2. The Morgan fingerprint density at radius 2 is 1.96 bits per heavy atom. The molecule has 0 aliphatic carbocycles. The molecule has 1 amide bonds. The van der Waals surface area contributed by atoms with Crippen molar-refractivity contribution in [1.82, 2.24) is 15.2 Å². The summed E-state index contributed by atoms with van der Waals surface area (Å²) < 4.78 is 0. The van der Waals surface area contributed by atoms with E-state index >= 15 is 0 Å². The molecular formula is C18H24Cl2N4O. The van der Waals surface area contributed by atoms with Crippen molar-refractivity contribution in [2.24, 2.45) is 0 Å². The molecule has 1 fully saturated rings. The zero-order valence-electron chi connectivity index (χ0n) is 13.9. The Labute approximate surface area is 160 Å². The molecule has 1 unspecified atom stereocenters. The maximum absolute atomic E-state index is 12.1. The molecule has 1 aliphatic heterocycles. The number of carbonyl (C=O) groups excluding carboxylic acids is 1. The topological polar surface area (TPSA) is 71.2 Å². The highest BCUT2D eigenvalue weighted by atomic mass is 35.5. The molecule has 1 atom stereocenters. The Bertz CT molecular complexity index is 652. The molecule has 0 spiro atoms. The van der Waals surface area contributed by atoms with Crippen LogP contribution >= 0.6 is 24.8 Å². The van der Waals surface area contributed by atoms with Crippen LogP contribution in [0.3, 0.4) is 0 Å². The van der Waals surface area contributed by atoms with E-state index in [1.165, 1.54) is 5.56 Å². The molecule has 0 saturated carbocycles. The lowest BCUT2D eigenvalue weighted by Crippen LogP contribution is -2.37. The van der Waals surface area contributed by atoms with Gasteiger partial charge in [0, 0.05) is 31.4 Å². The van der Waals surface area contributed by atoms with Crippen LogP contribution in [0.2, 0.25) is 0 Å². The lowest BCUT2D eigenvalue weighted by Gasteiger charge is -2.16. The van der Waals surface area contributed by atoms with Crippen LogP contribution in [0.4, 0.5) is 5.69 Å². The summed E-state index contributed by atoms with van der Waals surface area (Å²) in [5.74, 6) is 0.0221. The minimum atomic E-state index is 0. The first kappa shape index (κ1) is 21.2. The molecule has 1 aromatic carbocycles.